The molecule has 164 valence electrons. The van der Waals surface area contributed by atoms with Crippen LogP contribution in [0.2, 0.25) is 0 Å². The lowest BCUT2D eigenvalue weighted by Crippen LogP contribution is -2.19. The molecule has 0 unspecified atom stereocenters. The number of methoxy groups -OCH3 is 1. The number of sulfonamides is 1. The highest BCUT2D eigenvalue weighted by Crippen LogP contribution is 2.29. The molecule has 3 aromatic rings. The minimum Gasteiger partial charge on any atom is -0.479 e. The van der Waals surface area contributed by atoms with Crippen LogP contribution < -0.4 is 9.46 Å². The molecule has 0 saturated heterocycles. The van der Waals surface area contributed by atoms with Crippen LogP contribution >= 0.6 is 0 Å². The Kier molecular flexibility index (Phi) is 7.14. The van der Waals surface area contributed by atoms with Gasteiger partial charge >= 0.3 is 0 Å². The first-order valence-corrected chi connectivity index (χ1v) is 11.6. The number of aryl methyl sites for hydroxylation is 1. The smallest absolute Gasteiger partial charge is 0.270 e. The molecule has 0 radical (unpaired) electrons. The van der Waals surface area contributed by atoms with Gasteiger partial charge in [-0.1, -0.05) is 55.8 Å². The molecule has 0 aliphatic carbocycles. The van der Waals surface area contributed by atoms with Gasteiger partial charge in [0.05, 0.1) is 18.6 Å². The zero-order chi connectivity index (χ0) is 23.1. The second-order valence-corrected chi connectivity index (χ2v) is 8.75. The molecule has 8 nitrogen and oxygen atoms in total. The number of hydrogen-bond acceptors (Lipinski definition) is 6. The maximum Gasteiger partial charge on any atom is 0.270 e. The van der Waals surface area contributed by atoms with Gasteiger partial charge in [0.15, 0.2) is 11.9 Å². The lowest BCUT2D eigenvalue weighted by molar-refractivity contribution is 0.397. The molecule has 0 bridgehead atoms. The fourth-order valence-electron chi connectivity index (χ4n) is 3.46. The average Bonchev–Trinajstić information content (AvgIpc) is 3.14. The lowest BCUT2D eigenvalue weighted by Gasteiger charge is -2.14. The van der Waals surface area contributed by atoms with Crippen LogP contribution in [-0.2, 0) is 23.0 Å². The summed E-state index contributed by atoms with van der Waals surface area (Å²) in [5.74, 6) is 0.949. The summed E-state index contributed by atoms with van der Waals surface area (Å²) in [5, 5.41) is 18.6. The third-order valence-electron chi connectivity index (χ3n) is 5.01. The number of benzene rings is 2. The van der Waals surface area contributed by atoms with E-state index in [1.54, 1.807) is 22.8 Å². The van der Waals surface area contributed by atoms with E-state index in [0.29, 0.717) is 28.9 Å². The Morgan fingerprint density at radius 1 is 1.16 bits per heavy atom. The summed E-state index contributed by atoms with van der Waals surface area (Å²) >= 11 is 0. The second-order valence-electron chi connectivity index (χ2n) is 7.10. The monoisotopic (exact) mass is 449 g/mol. The molecule has 0 amide bonds. The molecule has 1 aromatic heterocycles. The van der Waals surface area contributed by atoms with Crippen molar-refractivity contribution in [2.24, 2.45) is 0 Å². The van der Waals surface area contributed by atoms with E-state index in [9.17, 15) is 13.7 Å². The van der Waals surface area contributed by atoms with Gasteiger partial charge in [-0.05, 0) is 23.6 Å². The minimum absolute atomic E-state index is 0.0107. The summed E-state index contributed by atoms with van der Waals surface area (Å²) in [6, 6.07) is 16.3. The first kappa shape index (κ1) is 22.9. The maximum atomic E-state index is 12.8. The normalized spacial score (nSPS) is 10.9. The third kappa shape index (κ3) is 4.74. The van der Waals surface area contributed by atoms with E-state index < -0.39 is 10.0 Å². The summed E-state index contributed by atoms with van der Waals surface area (Å²) in [4.78, 5) is 4.43. The van der Waals surface area contributed by atoms with Crippen molar-refractivity contribution in [3.63, 3.8) is 0 Å². The Balaban J connectivity index is 2.12. The van der Waals surface area contributed by atoms with E-state index >= 15 is 0 Å². The van der Waals surface area contributed by atoms with Crippen molar-refractivity contribution in [1.29, 1.82) is 10.5 Å². The summed E-state index contributed by atoms with van der Waals surface area (Å²) in [5.41, 5.74) is 2.12. The predicted molar refractivity (Wildman–Crippen MR) is 119 cm³/mol. The molecule has 0 aliphatic rings. The summed E-state index contributed by atoms with van der Waals surface area (Å²) in [6.07, 6.45) is 4.02. The zero-order valence-corrected chi connectivity index (χ0v) is 18.7. The molecule has 3 rings (SSSR count). The van der Waals surface area contributed by atoms with E-state index in [-0.39, 0.29) is 23.0 Å². The summed E-state index contributed by atoms with van der Waals surface area (Å²) in [7, 11) is -2.61. The first-order valence-electron chi connectivity index (χ1n) is 10.1. The Hall–Kier alpha value is -3.82. The van der Waals surface area contributed by atoms with Crippen LogP contribution in [0, 0.1) is 22.8 Å². The molecular formula is C23H23N5O3S. The Morgan fingerprint density at radius 2 is 1.91 bits per heavy atom. The number of rotatable bonds is 9. The van der Waals surface area contributed by atoms with E-state index in [0.717, 1.165) is 12.8 Å². The van der Waals surface area contributed by atoms with Crippen LogP contribution in [-0.4, -0.2) is 25.1 Å². The van der Waals surface area contributed by atoms with Crippen molar-refractivity contribution in [3.8, 4) is 29.3 Å². The highest BCUT2D eigenvalue weighted by atomic mass is 32.2. The van der Waals surface area contributed by atoms with Crippen molar-refractivity contribution in [3.05, 3.63) is 65.6 Å². The molecule has 0 spiro atoms. The highest BCUT2D eigenvalue weighted by Gasteiger charge is 2.22. The van der Waals surface area contributed by atoms with Crippen LogP contribution in [0.25, 0.3) is 11.1 Å². The predicted octanol–water partition coefficient (Wildman–Crippen LogP) is 3.58. The molecule has 0 saturated carbocycles. The molecular weight excluding hydrogens is 426 g/mol. The fraction of sp³-hybridized carbons (Fsp3) is 0.261. The van der Waals surface area contributed by atoms with Crippen molar-refractivity contribution in [2.45, 2.75) is 37.6 Å². The molecule has 1 heterocycles. The van der Waals surface area contributed by atoms with Gasteiger partial charge in [-0.3, -0.25) is 0 Å². The van der Waals surface area contributed by atoms with Gasteiger partial charge in [-0.25, -0.2) is 13.1 Å². The number of nitriles is 2. The number of ether oxygens (including phenoxy) is 1. The Bertz CT molecular complexity index is 1290. The standard InChI is InChI=1S/C23H23N5O3S/c1-3-4-10-22-27-23(31-2)20(14-24)28(22)15-17-11-12-19(18-8-6-5-7-9-18)21(13-17)32(29,30)26-16-25/h5-9,11-13,26H,3-4,10,15H2,1-2H3. The average molecular weight is 450 g/mol. The van der Waals surface area contributed by atoms with Crippen LogP contribution in [0.15, 0.2) is 53.4 Å². The van der Waals surface area contributed by atoms with Gasteiger partial charge in [0.1, 0.15) is 11.9 Å². The second kappa shape index (κ2) is 9.99. The number of imidazole rings is 1. The van der Waals surface area contributed by atoms with E-state index in [1.165, 1.54) is 19.4 Å². The van der Waals surface area contributed by atoms with Gasteiger partial charge in [0.2, 0.25) is 0 Å². The van der Waals surface area contributed by atoms with Crippen molar-refractivity contribution >= 4 is 10.0 Å². The van der Waals surface area contributed by atoms with Crippen LogP contribution in [0.3, 0.4) is 0 Å². The van der Waals surface area contributed by atoms with Gasteiger partial charge < -0.3 is 9.30 Å². The lowest BCUT2D eigenvalue weighted by atomic mass is 10.0. The van der Waals surface area contributed by atoms with Gasteiger partial charge in [-0.15, -0.1) is 0 Å². The van der Waals surface area contributed by atoms with E-state index in [1.807, 2.05) is 29.0 Å². The van der Waals surface area contributed by atoms with Crippen LogP contribution in [0.1, 0.15) is 36.8 Å². The Morgan fingerprint density at radius 3 is 2.53 bits per heavy atom. The number of nitrogens with one attached hydrogen (secondary N) is 1. The molecule has 32 heavy (non-hydrogen) atoms. The van der Waals surface area contributed by atoms with Crippen LogP contribution in [0.5, 0.6) is 5.88 Å². The molecule has 2 aromatic carbocycles. The zero-order valence-electron chi connectivity index (χ0n) is 17.9. The molecule has 0 atom stereocenters. The van der Waals surface area contributed by atoms with Gasteiger partial charge in [0, 0.05) is 12.0 Å². The SMILES string of the molecule is CCCCc1nc(OC)c(C#N)n1Cc1ccc(-c2ccccc2)c(S(=O)(=O)NC#N)c1. The quantitative estimate of drug-likeness (QED) is 0.394. The Labute approximate surface area is 187 Å². The highest BCUT2D eigenvalue weighted by molar-refractivity contribution is 7.89. The van der Waals surface area contributed by atoms with Crippen LogP contribution in [0.4, 0.5) is 0 Å². The molecule has 9 heteroatoms. The molecule has 1 N–H and O–H groups in total. The number of nitrogens with zero attached hydrogens (tertiary/aromatic N) is 4. The topological polar surface area (TPSA) is 121 Å². The summed E-state index contributed by atoms with van der Waals surface area (Å²) < 4.78 is 34.5. The fourth-order valence-corrected chi connectivity index (χ4v) is 4.47. The van der Waals surface area contributed by atoms with E-state index in [4.69, 9.17) is 10.00 Å². The molecule has 0 aliphatic heterocycles. The molecule has 0 fully saturated rings. The minimum atomic E-state index is -4.07. The number of hydrogen-bond donors (Lipinski definition) is 1. The summed E-state index contributed by atoms with van der Waals surface area (Å²) in [6.45, 7) is 2.31. The van der Waals surface area contributed by atoms with Gasteiger partial charge in [0.25, 0.3) is 15.9 Å². The first-order chi connectivity index (χ1) is 15.4. The van der Waals surface area contributed by atoms with Gasteiger partial charge in [-0.2, -0.15) is 15.5 Å². The number of aromatic nitrogens is 2. The van der Waals surface area contributed by atoms with Crippen molar-refractivity contribution in [2.75, 3.05) is 7.11 Å². The van der Waals surface area contributed by atoms with Crippen molar-refractivity contribution < 1.29 is 13.2 Å². The third-order valence-corrected chi connectivity index (χ3v) is 6.29. The van der Waals surface area contributed by atoms with Crippen molar-refractivity contribution in [1.82, 2.24) is 14.3 Å². The van der Waals surface area contributed by atoms with E-state index in [2.05, 4.69) is 18.0 Å². The largest absolute Gasteiger partial charge is 0.479 e. The maximum absolute atomic E-state index is 12.8. The number of unbranched alkanes of at least 4 members (excludes halogenated alkanes) is 1.